The minimum atomic E-state index is -3.97. The lowest BCUT2D eigenvalue weighted by atomic mass is 9.98. The highest BCUT2D eigenvalue weighted by molar-refractivity contribution is 7.64. The molecule has 632 valence electrons. The van der Waals surface area contributed by atoms with E-state index in [9.17, 15) is 111 Å². The zero-order valence-corrected chi connectivity index (χ0v) is 68.7. The van der Waals surface area contributed by atoms with Gasteiger partial charge in [0, 0.05) is 104 Å². The second kappa shape index (κ2) is 38.0. The van der Waals surface area contributed by atoms with E-state index in [-0.39, 0.29) is 47.5 Å². The Morgan fingerprint density at radius 3 is 1.10 bits per heavy atom. The SMILES string of the molecule is CO.Cc1cn([C@@H]2O[C@H](CC(F)(F)P(C)(C)=O)[C@@H](C)[C@@H]2O)c(=O)[nH]c1=O.Cc1cn([C@@H]2O[C@H](CC(F)(F)P(C)(C)=O)[C@@H](C)[C@H]2F)c(=O)[nH]c1=O.Cc1cn([C@@H]2O[C@H](CC(F)(F)P(C)(C)=O)[C@@H](O)[C@H]2F)c(=O)[nH]c1=O.[C-]#[N+]CCOP(O[C@H]1[C@@H](F)[C@H](n2cc(C)c(=O)[nH]c2=O)O[C@@H]1CC(F)(F)P(C)(C)=O)N(C(C)C)C(C)C. The number of alkyl halides is 11. The fraction of sp³-hybridized carbons (Fsp3) is 0.734. The van der Waals surface area contributed by atoms with E-state index in [2.05, 4.69) is 9.83 Å². The third-order valence-corrected chi connectivity index (χ3v) is 27.6. The molecular weight excluding hydrogens is 1610 g/mol. The zero-order valence-electron chi connectivity index (χ0n) is 64.2. The molecule has 7 N–H and O–H groups in total. The molecule has 8 heterocycles. The van der Waals surface area contributed by atoms with E-state index in [1.54, 1.807) is 4.67 Å². The number of aliphatic hydroxyl groups excluding tert-OH is 3. The number of ether oxygens (including phenoxy) is 4. The van der Waals surface area contributed by atoms with Crippen molar-refractivity contribution in [1.29, 1.82) is 0 Å². The normalized spacial score (nSPS) is 26.3. The summed E-state index contributed by atoms with van der Waals surface area (Å²) in [6, 6.07) is -0.294. The molecule has 0 saturated carbocycles. The molecule has 17 atom stereocenters. The van der Waals surface area contributed by atoms with E-state index in [0.29, 0.717) is 4.57 Å². The first-order valence-corrected chi connectivity index (χ1v) is 45.7. The average Bonchev–Trinajstić information content (AvgIpc) is 1.64. The van der Waals surface area contributed by atoms with Crippen molar-refractivity contribution in [2.24, 2.45) is 11.8 Å². The second-order valence-electron chi connectivity index (χ2n) is 29.2. The molecule has 8 rings (SSSR count). The van der Waals surface area contributed by atoms with Crippen LogP contribution in [-0.2, 0) is 46.3 Å². The Bertz CT molecular complexity index is 4300. The molecular formula is C64H98F11N10O21P5. The molecule has 47 heteroatoms. The number of hydrogen-bond donors (Lipinski definition) is 7. The highest BCUT2D eigenvalue weighted by atomic mass is 31.2. The molecule has 4 fully saturated rings. The summed E-state index contributed by atoms with van der Waals surface area (Å²) in [4.78, 5) is 105. The van der Waals surface area contributed by atoms with Crippen molar-refractivity contribution in [2.75, 3.05) is 73.6 Å². The summed E-state index contributed by atoms with van der Waals surface area (Å²) in [6.07, 6.45) is -21.8. The Kier molecular flexibility index (Phi) is 33.5. The first-order valence-electron chi connectivity index (χ1n) is 34.1. The lowest BCUT2D eigenvalue weighted by Gasteiger charge is -2.37. The number of aryl methyl sites for hydroxylation is 4. The number of hydrogen-bond acceptors (Lipinski definition) is 22. The topological polar surface area (TPSA) is 411 Å². The van der Waals surface area contributed by atoms with Gasteiger partial charge in [0.2, 0.25) is 6.54 Å². The van der Waals surface area contributed by atoms with Crippen LogP contribution < -0.4 is 45.0 Å². The van der Waals surface area contributed by atoms with Crippen LogP contribution in [0.2, 0.25) is 0 Å². The molecule has 4 saturated heterocycles. The number of rotatable bonds is 24. The van der Waals surface area contributed by atoms with Gasteiger partial charge in [0.15, 0.2) is 43.4 Å². The Hall–Kier alpha value is -5.61. The molecule has 0 spiro atoms. The molecule has 0 aromatic carbocycles. The summed E-state index contributed by atoms with van der Waals surface area (Å²) in [5.74, 6) is -1.63. The predicted octanol–water partition coefficient (Wildman–Crippen LogP) is 8.68. The Balaban J connectivity index is 0.000000316. The average molecular weight is 1710 g/mol. The Labute approximate surface area is 630 Å². The number of nitrogens with one attached hydrogen (secondary N) is 4. The van der Waals surface area contributed by atoms with E-state index < -0.39 is 228 Å². The highest BCUT2D eigenvalue weighted by Gasteiger charge is 2.58. The molecule has 0 aliphatic carbocycles. The van der Waals surface area contributed by atoms with Crippen LogP contribution in [0.5, 0.6) is 0 Å². The van der Waals surface area contributed by atoms with Gasteiger partial charge in [0.1, 0.15) is 53.5 Å². The Morgan fingerprint density at radius 1 is 0.486 bits per heavy atom. The maximum atomic E-state index is 16.0. The van der Waals surface area contributed by atoms with Gasteiger partial charge in [0.05, 0.1) is 24.4 Å². The van der Waals surface area contributed by atoms with Gasteiger partial charge < -0.3 is 66.4 Å². The molecule has 0 radical (unpaired) electrons. The zero-order chi connectivity index (χ0) is 85.6. The van der Waals surface area contributed by atoms with Crippen molar-refractivity contribution in [3.05, 3.63) is 142 Å². The van der Waals surface area contributed by atoms with E-state index in [1.807, 2.05) is 42.6 Å². The summed E-state index contributed by atoms with van der Waals surface area (Å²) < 4.78 is 244. The quantitative estimate of drug-likeness (QED) is 0.0149. The fourth-order valence-electron chi connectivity index (χ4n) is 11.3. The molecule has 4 aliphatic rings. The standard InChI is InChI=1S/C22H35F3N4O6P2.C14H20F3N2O4P.C14H21F2N2O5P.C13H18F3N2O5P.CH4O/c1-13(2)29(14(3)4)36(33-10-9-26-6)35-18-16(11-22(24,25)37(7,8)32)34-20(17(18)23)28-12-15(5)19(30)27-21(28)31;1-7-6-19(13(21)18-11(7)20)12-10(15)8(2)9(23-12)5-14(16,17)24(3,4)22;1-7-6-18(13(21)17-11(7)20)12-10(19)8(2)9(23-12)5-14(15,16)24(3,4)22;1-6-5-18(12(21)17-10(6)20)11-8(14)9(19)7(23-11)4-13(15,16)24(2,3)22;1-2/h12-14,16-18,20H,9-11H2,1-5,7-8H3,(H,27,30,31);6,8-10,12H,5H2,1-4H3,(H,18,20,21);6,8-10,12,19H,5H2,1-4H3,(H,17,20,21);5,7-9,11,19H,4H2,1-3H3,(H,17,20,21);2H,1H3/t16-,17-,18-,20-,36?;8-,9-,10-,12-;8-,9-,10+,12-;7-,8-,9-,11-;/m1111./s1. The first kappa shape index (κ1) is 97.8. The third-order valence-electron chi connectivity index (χ3n) is 18.4. The molecule has 1 unspecified atom stereocenters. The van der Waals surface area contributed by atoms with Crippen LogP contribution in [0.4, 0.5) is 48.3 Å². The predicted molar refractivity (Wildman–Crippen MR) is 390 cm³/mol. The van der Waals surface area contributed by atoms with Crippen LogP contribution in [0.15, 0.2) is 63.1 Å². The summed E-state index contributed by atoms with van der Waals surface area (Å²) in [6.45, 7) is 30.5. The van der Waals surface area contributed by atoms with Gasteiger partial charge in [-0.05, 0) is 109 Å². The number of aromatic nitrogens is 8. The molecule has 4 aliphatic heterocycles. The lowest BCUT2D eigenvalue weighted by Crippen LogP contribution is -2.40. The van der Waals surface area contributed by atoms with Gasteiger partial charge in [-0.2, -0.15) is 35.1 Å². The minimum absolute atomic E-state index is 0.0114. The minimum Gasteiger partial charge on any atom is -0.400 e. The van der Waals surface area contributed by atoms with Crippen LogP contribution in [-0.4, -0.2) is 228 Å². The van der Waals surface area contributed by atoms with Gasteiger partial charge in [-0.15, -0.1) is 0 Å². The molecule has 111 heavy (non-hydrogen) atoms. The third kappa shape index (κ3) is 23.6. The van der Waals surface area contributed by atoms with Crippen LogP contribution in [0.3, 0.4) is 0 Å². The van der Waals surface area contributed by atoms with Gasteiger partial charge in [-0.25, -0.2) is 43.6 Å². The van der Waals surface area contributed by atoms with Gasteiger partial charge >= 0.3 is 22.8 Å². The second-order valence-corrected chi connectivity index (χ2v) is 44.0. The maximum absolute atomic E-state index is 16.0. The van der Waals surface area contributed by atoms with Gasteiger partial charge in [0.25, 0.3) is 53.4 Å². The highest BCUT2D eigenvalue weighted by Crippen LogP contribution is 2.62. The van der Waals surface area contributed by atoms with Crippen LogP contribution in [0, 0.1) is 46.1 Å². The molecule has 4 aromatic heterocycles. The van der Waals surface area contributed by atoms with Crippen LogP contribution in [0.25, 0.3) is 4.85 Å². The van der Waals surface area contributed by atoms with Crippen LogP contribution >= 0.6 is 37.1 Å². The molecule has 4 aromatic rings. The maximum Gasteiger partial charge on any atom is 0.330 e. The number of aromatic amines is 4. The summed E-state index contributed by atoms with van der Waals surface area (Å²) in [7, 11) is -16.3. The largest absolute Gasteiger partial charge is 0.400 e. The number of halogens is 11. The van der Waals surface area contributed by atoms with E-state index >= 15 is 4.39 Å². The summed E-state index contributed by atoms with van der Waals surface area (Å²) in [5, 5.41) is 27.1. The van der Waals surface area contributed by atoms with Crippen molar-refractivity contribution < 1.29 is 110 Å². The van der Waals surface area contributed by atoms with Crippen LogP contribution in [0.1, 0.15) is 114 Å². The number of aliphatic hydroxyl groups is 3. The molecule has 0 amide bonds. The lowest BCUT2D eigenvalue weighted by molar-refractivity contribution is -0.0631. The Morgan fingerprint density at radius 2 is 0.766 bits per heavy atom. The van der Waals surface area contributed by atoms with Crippen molar-refractivity contribution in [3.8, 4) is 0 Å². The van der Waals surface area contributed by atoms with E-state index in [4.69, 9.17) is 39.7 Å². The summed E-state index contributed by atoms with van der Waals surface area (Å²) >= 11 is 0. The van der Waals surface area contributed by atoms with Crippen molar-refractivity contribution in [1.82, 2.24) is 42.9 Å². The summed E-state index contributed by atoms with van der Waals surface area (Å²) in [5.41, 5.74) is -19.9. The smallest absolute Gasteiger partial charge is 0.330 e. The monoisotopic (exact) mass is 1710 g/mol. The van der Waals surface area contributed by atoms with E-state index in [0.717, 1.165) is 92.7 Å². The first-order chi connectivity index (χ1) is 50.6. The number of nitrogens with zero attached hydrogens (tertiary/aromatic N) is 6. The van der Waals surface area contributed by atoms with E-state index in [1.165, 1.54) is 47.7 Å². The molecule has 31 nitrogen and oxygen atoms in total. The molecule has 0 bridgehead atoms. The van der Waals surface area contributed by atoms with Gasteiger partial charge in [-0.3, -0.25) is 57.4 Å². The van der Waals surface area contributed by atoms with Crippen molar-refractivity contribution in [3.63, 3.8) is 0 Å². The fourth-order valence-corrected chi connectivity index (χ4v) is 15.5. The van der Waals surface area contributed by atoms with Crippen molar-refractivity contribution >= 4 is 37.1 Å². The van der Waals surface area contributed by atoms with Gasteiger partial charge in [-0.1, -0.05) is 13.8 Å². The van der Waals surface area contributed by atoms with Crippen molar-refractivity contribution in [2.45, 2.75) is 216 Å². The number of H-pyrrole nitrogens is 4.